The highest BCUT2D eigenvalue weighted by atomic mass is 32.2. The third-order valence-electron chi connectivity index (χ3n) is 7.77. The average Bonchev–Trinajstić information content (AvgIpc) is 3.30. The largest absolute Gasteiger partial charge is 0.455 e. The van der Waals surface area contributed by atoms with Gasteiger partial charge in [-0.2, -0.15) is 0 Å². The topological polar surface area (TPSA) is 89.5 Å². The number of amides is 2. The Hall–Kier alpha value is -4.73. The number of imide groups is 1. The molecule has 0 bridgehead atoms. The molecule has 3 heterocycles. The molecular weight excluding hydrogens is 603 g/mol. The van der Waals surface area contributed by atoms with Gasteiger partial charge in [-0.1, -0.05) is 80.2 Å². The lowest BCUT2D eigenvalue weighted by Gasteiger charge is -2.27. The number of hydrogen-bond donors (Lipinski definition) is 0. The van der Waals surface area contributed by atoms with E-state index in [9.17, 15) is 14.4 Å². The number of para-hydroxylation sites is 1. The predicted molar refractivity (Wildman–Crippen MR) is 174 cm³/mol. The second kappa shape index (κ2) is 12.0. The van der Waals surface area contributed by atoms with Crippen molar-refractivity contribution in [2.24, 2.45) is 5.92 Å². The quantitative estimate of drug-likeness (QED) is 0.130. The highest BCUT2D eigenvalue weighted by molar-refractivity contribution is 8.13. The smallest absolute Gasteiger partial charge is 0.262 e. The Morgan fingerprint density at radius 1 is 0.800 bits per heavy atom. The summed E-state index contributed by atoms with van der Waals surface area (Å²) in [6, 6.07) is 31.5. The molecule has 0 unspecified atom stereocenters. The first-order valence-corrected chi connectivity index (χ1v) is 16.2. The number of thioether (sulfide) groups is 1. The fourth-order valence-electron chi connectivity index (χ4n) is 5.57. The predicted octanol–water partition coefficient (Wildman–Crippen LogP) is 7.93. The Balaban J connectivity index is 1.21. The van der Waals surface area contributed by atoms with Crippen LogP contribution in [0.1, 0.15) is 45.7 Å². The zero-order valence-corrected chi connectivity index (χ0v) is 26.1. The van der Waals surface area contributed by atoms with E-state index < -0.39 is 17.9 Å². The Morgan fingerprint density at radius 2 is 1.47 bits per heavy atom. The molecule has 0 saturated carbocycles. The number of rotatable bonds is 7. The molecular formula is C36H27N3O4S2. The molecule has 0 saturated heterocycles. The van der Waals surface area contributed by atoms with Crippen LogP contribution in [0.25, 0.3) is 11.3 Å². The highest BCUT2D eigenvalue weighted by Gasteiger charge is 2.44. The van der Waals surface area contributed by atoms with E-state index in [-0.39, 0.29) is 11.0 Å². The highest BCUT2D eigenvalue weighted by Crippen LogP contribution is 2.48. The van der Waals surface area contributed by atoms with E-state index in [4.69, 9.17) is 4.74 Å². The number of ether oxygens (including phenoxy) is 1. The molecule has 7 rings (SSSR count). The maximum atomic E-state index is 13.9. The number of carbonyl (C=O) groups is 3. The molecule has 2 aliphatic heterocycles. The van der Waals surface area contributed by atoms with Gasteiger partial charge < -0.3 is 4.74 Å². The van der Waals surface area contributed by atoms with Gasteiger partial charge in [-0.3, -0.25) is 19.3 Å². The third-order valence-corrected chi connectivity index (χ3v) is 9.85. The molecule has 0 N–H and O–H groups in total. The summed E-state index contributed by atoms with van der Waals surface area (Å²) in [6.45, 7) is 3.67. The van der Waals surface area contributed by atoms with Crippen LogP contribution < -0.4 is 4.74 Å². The monoisotopic (exact) mass is 629 g/mol. The van der Waals surface area contributed by atoms with Crippen molar-refractivity contribution >= 4 is 40.5 Å². The molecule has 45 heavy (non-hydrogen) atoms. The molecule has 0 spiro atoms. The molecule has 0 fully saturated rings. The lowest BCUT2D eigenvalue weighted by molar-refractivity contribution is -0.115. The van der Waals surface area contributed by atoms with Gasteiger partial charge in [0, 0.05) is 12.0 Å². The Bertz CT molecular complexity index is 1940. The third kappa shape index (κ3) is 5.54. The normalized spacial score (nSPS) is 14.1. The summed E-state index contributed by atoms with van der Waals surface area (Å²) in [7, 11) is 0. The van der Waals surface area contributed by atoms with E-state index in [1.165, 1.54) is 0 Å². The van der Waals surface area contributed by atoms with Gasteiger partial charge in [-0.15, -0.1) is 10.2 Å². The summed E-state index contributed by atoms with van der Waals surface area (Å²) >= 11 is 2.57. The summed E-state index contributed by atoms with van der Waals surface area (Å²) in [5, 5.41) is 9.20. The number of fused-ring (bicyclic) bond motifs is 3. The van der Waals surface area contributed by atoms with E-state index in [2.05, 4.69) is 10.2 Å². The van der Waals surface area contributed by atoms with E-state index in [1.807, 2.05) is 92.7 Å². The average molecular weight is 630 g/mol. The van der Waals surface area contributed by atoms with Gasteiger partial charge in [-0.25, -0.2) is 0 Å². The fraction of sp³-hybridized carbons (Fsp3) is 0.139. The van der Waals surface area contributed by atoms with Crippen molar-refractivity contribution in [3.05, 3.63) is 125 Å². The molecule has 0 aliphatic carbocycles. The molecule has 0 radical (unpaired) electrons. The molecule has 2 amide bonds. The minimum Gasteiger partial charge on any atom is -0.455 e. The molecule has 2 aliphatic rings. The summed E-state index contributed by atoms with van der Waals surface area (Å²) in [5.41, 5.74) is 4.05. The first-order chi connectivity index (χ1) is 21.9. The SMILES string of the molecule is CC(C)[C@H](C(=O)Sc1nnc(-c2ccc3c(c2)Sc2ccccc2O3)cc1Cc1ccccc1)N1C(=O)c2ccccc2C1=O. The van der Waals surface area contributed by atoms with Crippen LogP contribution in [0.3, 0.4) is 0 Å². The van der Waals surface area contributed by atoms with Gasteiger partial charge in [0.05, 0.1) is 26.6 Å². The first-order valence-electron chi connectivity index (χ1n) is 14.6. The molecule has 1 atom stereocenters. The zero-order valence-electron chi connectivity index (χ0n) is 24.5. The van der Waals surface area contributed by atoms with Gasteiger partial charge in [0.15, 0.2) is 0 Å². The van der Waals surface area contributed by atoms with Crippen molar-refractivity contribution in [2.75, 3.05) is 0 Å². The second-order valence-corrected chi connectivity index (χ2v) is 13.2. The number of aromatic nitrogens is 2. The van der Waals surface area contributed by atoms with Crippen molar-refractivity contribution in [1.82, 2.24) is 15.1 Å². The maximum Gasteiger partial charge on any atom is 0.262 e. The van der Waals surface area contributed by atoms with Gasteiger partial charge >= 0.3 is 0 Å². The standard InChI is InChI=1S/C36H27N3O4S2/c1-21(2)32(39-34(40)25-12-6-7-13-26(25)35(39)41)36(42)45-33-24(18-22-10-4-3-5-11-22)19-27(37-38-33)23-16-17-29-31(20-23)44-30-15-9-8-14-28(30)43-29/h3-17,19-21,32H,18H2,1-2H3/t32-/m1/s1. The maximum absolute atomic E-state index is 13.9. The second-order valence-electron chi connectivity index (χ2n) is 11.2. The van der Waals surface area contributed by atoms with Crippen LogP contribution in [0.4, 0.5) is 0 Å². The number of benzene rings is 4. The van der Waals surface area contributed by atoms with E-state index in [1.54, 1.807) is 36.0 Å². The van der Waals surface area contributed by atoms with Crippen LogP contribution in [0.15, 0.2) is 118 Å². The Kier molecular flexibility index (Phi) is 7.73. The van der Waals surface area contributed by atoms with Crippen molar-refractivity contribution < 1.29 is 19.1 Å². The van der Waals surface area contributed by atoms with Gasteiger partial charge in [0.1, 0.15) is 22.6 Å². The summed E-state index contributed by atoms with van der Waals surface area (Å²) in [4.78, 5) is 43.7. The fourth-order valence-corrected chi connectivity index (χ4v) is 7.59. The molecule has 5 aromatic rings. The number of nitrogens with zero attached hydrogens (tertiary/aromatic N) is 3. The van der Waals surface area contributed by atoms with Crippen molar-refractivity contribution in [1.29, 1.82) is 0 Å². The number of carbonyl (C=O) groups excluding carboxylic acids is 3. The molecule has 4 aromatic carbocycles. The van der Waals surface area contributed by atoms with Crippen LogP contribution in [0.5, 0.6) is 11.5 Å². The minimum absolute atomic E-state index is 0.308. The van der Waals surface area contributed by atoms with Crippen molar-refractivity contribution in [3.8, 4) is 22.8 Å². The van der Waals surface area contributed by atoms with E-state index >= 15 is 0 Å². The summed E-state index contributed by atoms with van der Waals surface area (Å²) in [5.74, 6) is 0.403. The molecule has 9 heteroatoms. The van der Waals surface area contributed by atoms with Crippen LogP contribution in [0.2, 0.25) is 0 Å². The Labute approximate surface area is 269 Å². The van der Waals surface area contributed by atoms with Crippen molar-refractivity contribution in [2.45, 2.75) is 41.1 Å². The van der Waals surface area contributed by atoms with Crippen LogP contribution >= 0.6 is 23.5 Å². The Morgan fingerprint density at radius 3 is 2.20 bits per heavy atom. The molecule has 7 nitrogen and oxygen atoms in total. The lowest BCUT2D eigenvalue weighted by atomic mass is 10.0. The van der Waals surface area contributed by atoms with Crippen LogP contribution in [0, 0.1) is 5.92 Å². The van der Waals surface area contributed by atoms with E-state index in [0.29, 0.717) is 28.3 Å². The summed E-state index contributed by atoms with van der Waals surface area (Å²) < 4.78 is 6.10. The van der Waals surface area contributed by atoms with Gasteiger partial charge in [0.25, 0.3) is 11.8 Å². The van der Waals surface area contributed by atoms with E-state index in [0.717, 1.165) is 54.6 Å². The van der Waals surface area contributed by atoms with Gasteiger partial charge in [-0.05, 0) is 77.3 Å². The minimum atomic E-state index is -0.964. The first kappa shape index (κ1) is 29.0. The lowest BCUT2D eigenvalue weighted by Crippen LogP contribution is -2.47. The summed E-state index contributed by atoms with van der Waals surface area (Å²) in [6.07, 6.45) is 0.522. The number of hydrogen-bond acceptors (Lipinski definition) is 8. The van der Waals surface area contributed by atoms with Gasteiger partial charge in [0.2, 0.25) is 5.12 Å². The zero-order chi connectivity index (χ0) is 31.1. The molecule has 1 aromatic heterocycles. The molecule has 222 valence electrons. The van der Waals surface area contributed by atoms with Crippen molar-refractivity contribution in [3.63, 3.8) is 0 Å². The van der Waals surface area contributed by atoms with Crippen LogP contribution in [-0.4, -0.2) is 38.1 Å². The van der Waals surface area contributed by atoms with Crippen LogP contribution in [-0.2, 0) is 11.2 Å².